The summed E-state index contributed by atoms with van der Waals surface area (Å²) in [6.07, 6.45) is 11.2. The van der Waals surface area contributed by atoms with Crippen molar-refractivity contribution in [3.63, 3.8) is 0 Å². The van der Waals surface area contributed by atoms with Crippen molar-refractivity contribution in [1.82, 2.24) is 29.7 Å². The number of hydrogen-bond acceptors (Lipinski definition) is 10. The van der Waals surface area contributed by atoms with E-state index in [2.05, 4.69) is 58.9 Å². The Bertz CT molecular complexity index is 2590. The fraction of sp³-hybridized carbons (Fsp3) is 0.438. The normalized spacial score (nSPS) is 24.5. The summed E-state index contributed by atoms with van der Waals surface area (Å²) >= 11 is 0. The van der Waals surface area contributed by atoms with Gasteiger partial charge in [0.1, 0.15) is 17.9 Å². The molecule has 1 unspecified atom stereocenters. The van der Waals surface area contributed by atoms with Gasteiger partial charge in [0.2, 0.25) is 23.6 Å². The molecule has 5 aromatic rings. The van der Waals surface area contributed by atoms with Crippen molar-refractivity contribution in [3.05, 3.63) is 84.3 Å². The summed E-state index contributed by atoms with van der Waals surface area (Å²) < 4.78 is 20.4. The molecule has 0 radical (unpaired) electrons. The van der Waals surface area contributed by atoms with E-state index in [0.29, 0.717) is 31.5 Å². The van der Waals surface area contributed by atoms with Gasteiger partial charge in [-0.2, -0.15) is 0 Å². The second-order valence-electron chi connectivity index (χ2n) is 17.9. The van der Waals surface area contributed by atoms with Gasteiger partial charge in [-0.3, -0.25) is 39.2 Å². The number of unbranched alkanes of at least 4 members (excludes halogenated alkanes) is 1. The molecule has 4 aliphatic rings. The van der Waals surface area contributed by atoms with Crippen molar-refractivity contribution in [2.75, 3.05) is 26.9 Å². The van der Waals surface area contributed by atoms with E-state index in [9.17, 15) is 24.0 Å². The maximum atomic E-state index is 13.9. The van der Waals surface area contributed by atoms with Gasteiger partial charge in [-0.05, 0) is 85.9 Å². The third-order valence-corrected chi connectivity index (χ3v) is 13.6. The minimum atomic E-state index is -1.01. The van der Waals surface area contributed by atoms with Crippen LogP contribution in [0, 0.1) is 10.8 Å². The third-order valence-electron chi connectivity index (χ3n) is 13.6. The summed E-state index contributed by atoms with van der Waals surface area (Å²) in [5.74, 6) is -0.903. The van der Waals surface area contributed by atoms with Gasteiger partial charge < -0.3 is 23.7 Å². The summed E-state index contributed by atoms with van der Waals surface area (Å²) in [6.45, 7) is 5.84. The van der Waals surface area contributed by atoms with E-state index < -0.39 is 29.7 Å². The standard InChI is InChI=1S/C48H52N6O8/c1-5-48(26-47(2,27-48)28-60-18-6-7-19-61-32-10-12-35-36(23-32)45(58)54(44(35)57)39-13-14-41(55)51-43(39)56)46(59)52(3)31-21-33(22-31)62-42-15-9-30(24-50-42)29-8-11-34-37-25-49-17-16-38(37)53(4)40(34)20-29/h8-12,15-17,20,23-25,31,33,39H,5-7,13-14,18-19,21-22,26-28H2,1-4H3,(H,51,55,56)/t31-,33-,39?,47?,48?. The molecule has 2 aromatic carbocycles. The number of amides is 5. The quantitative estimate of drug-likeness (QED) is 0.0895. The molecule has 3 aromatic heterocycles. The Balaban J connectivity index is 0.683. The fourth-order valence-corrected chi connectivity index (χ4v) is 10.1. The Labute approximate surface area is 359 Å². The highest BCUT2D eigenvalue weighted by Gasteiger charge is 2.57. The zero-order valence-electron chi connectivity index (χ0n) is 35.6. The average Bonchev–Trinajstić information content (AvgIpc) is 3.67. The number of pyridine rings is 2. The van der Waals surface area contributed by atoms with Crippen LogP contribution in [0.2, 0.25) is 0 Å². The smallest absolute Gasteiger partial charge is 0.262 e. The van der Waals surface area contributed by atoms with Crippen molar-refractivity contribution in [2.45, 2.75) is 89.8 Å². The third kappa shape index (κ3) is 7.48. The summed E-state index contributed by atoms with van der Waals surface area (Å²) in [6, 6.07) is 16.3. The van der Waals surface area contributed by atoms with E-state index >= 15 is 0 Å². The molecule has 9 rings (SSSR count). The van der Waals surface area contributed by atoms with Gasteiger partial charge in [0.05, 0.1) is 35.3 Å². The SMILES string of the molecule is CCC1(C(=O)N(C)[C@H]2C[C@H](Oc3ccc(-c4ccc5c6cnccc6n(C)c5c4)cn3)C2)CC(C)(COCCCCOc2ccc3c(c2)C(=O)N(C2CCC(=O)NC2=O)C3=O)C1. The van der Waals surface area contributed by atoms with Crippen LogP contribution in [0.1, 0.15) is 92.4 Å². The van der Waals surface area contributed by atoms with Gasteiger partial charge in [0, 0.05) is 92.5 Å². The molecule has 3 fully saturated rings. The summed E-state index contributed by atoms with van der Waals surface area (Å²) in [4.78, 5) is 75.7. The molecule has 1 saturated heterocycles. The van der Waals surface area contributed by atoms with Crippen molar-refractivity contribution in [3.8, 4) is 22.8 Å². The first-order chi connectivity index (χ1) is 29.9. The lowest BCUT2D eigenvalue weighted by Crippen LogP contribution is -2.59. The topological polar surface area (TPSA) is 162 Å². The van der Waals surface area contributed by atoms with Crippen molar-refractivity contribution in [2.24, 2.45) is 17.9 Å². The largest absolute Gasteiger partial charge is 0.494 e. The molecule has 322 valence electrons. The van der Waals surface area contributed by atoms with E-state index in [1.165, 1.54) is 11.5 Å². The molecule has 5 amide bonds. The first-order valence-electron chi connectivity index (χ1n) is 21.7. The van der Waals surface area contributed by atoms with Gasteiger partial charge in [-0.15, -0.1) is 0 Å². The van der Waals surface area contributed by atoms with Crippen LogP contribution in [0.3, 0.4) is 0 Å². The van der Waals surface area contributed by atoms with Crippen LogP contribution >= 0.6 is 0 Å². The molecule has 1 N–H and O–H groups in total. The lowest BCUT2D eigenvalue weighted by atomic mass is 9.52. The van der Waals surface area contributed by atoms with Crippen LogP contribution < -0.4 is 14.8 Å². The van der Waals surface area contributed by atoms with E-state index in [0.717, 1.165) is 77.4 Å². The van der Waals surface area contributed by atoms with Crippen LogP contribution in [-0.2, 0) is 26.2 Å². The van der Waals surface area contributed by atoms with Crippen molar-refractivity contribution in [1.29, 1.82) is 0 Å². The second kappa shape index (κ2) is 16.3. The molecule has 2 aliphatic heterocycles. The predicted molar refractivity (Wildman–Crippen MR) is 230 cm³/mol. The predicted octanol–water partition coefficient (Wildman–Crippen LogP) is 6.63. The van der Waals surface area contributed by atoms with Crippen LogP contribution in [0.5, 0.6) is 11.6 Å². The monoisotopic (exact) mass is 840 g/mol. The number of rotatable bonds is 15. The minimum absolute atomic E-state index is 0.0125. The number of imide groups is 2. The highest BCUT2D eigenvalue weighted by Crippen LogP contribution is 2.57. The zero-order chi connectivity index (χ0) is 43.3. The number of ether oxygens (including phenoxy) is 3. The molecule has 2 saturated carbocycles. The van der Waals surface area contributed by atoms with E-state index in [1.54, 1.807) is 12.1 Å². The van der Waals surface area contributed by atoms with Crippen LogP contribution in [-0.4, -0.2) is 98.9 Å². The summed E-state index contributed by atoms with van der Waals surface area (Å²) in [5.41, 5.74) is 4.36. The molecule has 14 nitrogen and oxygen atoms in total. The maximum absolute atomic E-state index is 13.9. The fourth-order valence-electron chi connectivity index (χ4n) is 10.1. The van der Waals surface area contributed by atoms with E-state index in [-0.39, 0.29) is 52.9 Å². The zero-order valence-corrected chi connectivity index (χ0v) is 35.6. The van der Waals surface area contributed by atoms with E-state index in [4.69, 9.17) is 14.2 Å². The Morgan fingerprint density at radius 1 is 0.903 bits per heavy atom. The first kappa shape index (κ1) is 41.2. The molecule has 0 spiro atoms. The molecule has 2 aliphatic carbocycles. The molecule has 1 atom stereocenters. The van der Waals surface area contributed by atoms with E-state index in [1.807, 2.05) is 48.7 Å². The number of fused-ring (bicyclic) bond motifs is 4. The van der Waals surface area contributed by atoms with Crippen LogP contribution in [0.15, 0.2) is 73.2 Å². The van der Waals surface area contributed by atoms with Crippen molar-refractivity contribution >= 4 is 51.3 Å². The maximum Gasteiger partial charge on any atom is 0.262 e. The van der Waals surface area contributed by atoms with Gasteiger partial charge in [0.25, 0.3) is 11.8 Å². The number of benzene rings is 2. The minimum Gasteiger partial charge on any atom is -0.494 e. The van der Waals surface area contributed by atoms with Crippen LogP contribution in [0.4, 0.5) is 0 Å². The molecule has 5 heterocycles. The Morgan fingerprint density at radius 3 is 2.44 bits per heavy atom. The summed E-state index contributed by atoms with van der Waals surface area (Å²) in [5, 5.41) is 4.52. The Hall–Kier alpha value is -6.15. The number of nitrogens with zero attached hydrogens (tertiary/aromatic N) is 5. The number of carbonyl (C=O) groups is 5. The molecule has 62 heavy (non-hydrogen) atoms. The highest BCUT2D eigenvalue weighted by atomic mass is 16.5. The first-order valence-corrected chi connectivity index (χ1v) is 21.7. The number of aryl methyl sites for hydroxylation is 1. The number of hydrogen-bond donors (Lipinski definition) is 1. The molecular weight excluding hydrogens is 789 g/mol. The van der Waals surface area contributed by atoms with Crippen molar-refractivity contribution < 1.29 is 38.2 Å². The Morgan fingerprint density at radius 2 is 1.68 bits per heavy atom. The lowest BCUT2D eigenvalue weighted by Gasteiger charge is -2.55. The lowest BCUT2D eigenvalue weighted by molar-refractivity contribution is -0.167. The average molecular weight is 841 g/mol. The second-order valence-corrected chi connectivity index (χ2v) is 17.9. The number of carbonyl (C=O) groups excluding carboxylic acids is 5. The van der Waals surface area contributed by atoms with Gasteiger partial charge in [0.15, 0.2) is 0 Å². The number of nitrogens with one attached hydrogen (secondary N) is 1. The highest BCUT2D eigenvalue weighted by molar-refractivity contribution is 6.23. The number of piperidine rings is 1. The summed E-state index contributed by atoms with van der Waals surface area (Å²) in [7, 11) is 4.01. The molecule has 0 bridgehead atoms. The number of aromatic nitrogens is 3. The van der Waals surface area contributed by atoms with Gasteiger partial charge in [-0.25, -0.2) is 4.98 Å². The van der Waals surface area contributed by atoms with Gasteiger partial charge >= 0.3 is 0 Å². The van der Waals surface area contributed by atoms with Crippen LogP contribution in [0.25, 0.3) is 32.9 Å². The van der Waals surface area contributed by atoms with Gasteiger partial charge in [-0.1, -0.05) is 26.0 Å². The molecule has 14 heteroatoms. The molecular formula is C48H52N6O8. The Kier molecular flexibility index (Phi) is 10.8.